The van der Waals surface area contributed by atoms with Crippen LogP contribution in [0.15, 0.2) is 49.0 Å². The fourth-order valence-corrected chi connectivity index (χ4v) is 2.46. The van der Waals surface area contributed by atoms with Gasteiger partial charge in [0.05, 0.1) is 0 Å². The van der Waals surface area contributed by atoms with Crippen molar-refractivity contribution in [3.05, 3.63) is 54.6 Å². The van der Waals surface area contributed by atoms with Crippen molar-refractivity contribution < 1.29 is 4.79 Å². The Balaban J connectivity index is 1.99. The van der Waals surface area contributed by atoms with Crippen molar-refractivity contribution in [2.45, 2.75) is 12.8 Å². The molecule has 0 spiro atoms. The highest BCUT2D eigenvalue weighted by Gasteiger charge is 2.23. The number of rotatable bonds is 2. The minimum Gasteiger partial charge on any atom is -0.312 e. The minimum atomic E-state index is 0.188. The van der Waals surface area contributed by atoms with Crippen LogP contribution >= 0.6 is 0 Å². The van der Waals surface area contributed by atoms with E-state index < -0.39 is 0 Å². The van der Waals surface area contributed by atoms with Crippen LogP contribution in [0.2, 0.25) is 0 Å². The average Bonchev–Trinajstić information content (AvgIpc) is 2.83. The summed E-state index contributed by atoms with van der Waals surface area (Å²) in [6.45, 7) is 4.87. The number of hydrogen-bond donors (Lipinski definition) is 0. The lowest BCUT2D eigenvalue weighted by atomic mass is 10.1. The number of carbonyl (C=O) groups is 1. The van der Waals surface area contributed by atoms with Gasteiger partial charge in [-0.25, -0.2) is 0 Å². The largest absolute Gasteiger partial charge is 0.312 e. The number of fused-ring (bicyclic) bond motifs is 1. The summed E-state index contributed by atoms with van der Waals surface area (Å²) >= 11 is 0. The average molecular weight is 237 g/mol. The second kappa shape index (κ2) is 4.30. The standard InChI is InChI=1S/C16H15NO/c1-12(17-10-4-7-16(17)18)14-9-8-13-5-2-3-6-15(13)11-14/h2-3,5-6,8-9,11H,1,4,7,10H2. The van der Waals surface area contributed by atoms with E-state index in [0.29, 0.717) is 6.42 Å². The van der Waals surface area contributed by atoms with Gasteiger partial charge >= 0.3 is 0 Å². The lowest BCUT2D eigenvalue weighted by molar-refractivity contribution is -0.124. The maximum absolute atomic E-state index is 11.7. The molecule has 1 heterocycles. The predicted molar refractivity (Wildman–Crippen MR) is 73.9 cm³/mol. The van der Waals surface area contributed by atoms with Gasteiger partial charge in [0, 0.05) is 18.7 Å². The predicted octanol–water partition coefficient (Wildman–Crippen LogP) is 3.43. The van der Waals surface area contributed by atoms with E-state index in [1.165, 1.54) is 10.8 Å². The summed E-state index contributed by atoms with van der Waals surface area (Å²) < 4.78 is 0. The van der Waals surface area contributed by atoms with Gasteiger partial charge in [0.2, 0.25) is 5.91 Å². The Bertz CT molecular complexity index is 630. The fourth-order valence-electron chi connectivity index (χ4n) is 2.46. The Morgan fingerprint density at radius 2 is 1.89 bits per heavy atom. The maximum atomic E-state index is 11.7. The van der Waals surface area contributed by atoms with Gasteiger partial charge in [-0.05, 0) is 28.8 Å². The second-order valence-corrected chi connectivity index (χ2v) is 4.66. The lowest BCUT2D eigenvalue weighted by Crippen LogP contribution is -2.22. The van der Waals surface area contributed by atoms with Gasteiger partial charge in [-0.2, -0.15) is 0 Å². The molecular weight excluding hydrogens is 222 g/mol. The zero-order valence-corrected chi connectivity index (χ0v) is 10.2. The highest BCUT2D eigenvalue weighted by Crippen LogP contribution is 2.26. The van der Waals surface area contributed by atoms with Crippen LogP contribution < -0.4 is 0 Å². The molecule has 0 bridgehead atoms. The van der Waals surface area contributed by atoms with Crippen molar-refractivity contribution in [2.75, 3.05) is 6.54 Å². The van der Waals surface area contributed by atoms with Crippen LogP contribution in [0, 0.1) is 0 Å². The van der Waals surface area contributed by atoms with Gasteiger partial charge in [0.25, 0.3) is 0 Å². The Hall–Kier alpha value is -2.09. The molecular formula is C16H15NO. The Morgan fingerprint density at radius 3 is 2.61 bits per heavy atom. The van der Waals surface area contributed by atoms with E-state index in [1.54, 1.807) is 4.90 Å². The van der Waals surface area contributed by atoms with Gasteiger partial charge in [0.15, 0.2) is 0 Å². The third kappa shape index (κ3) is 1.80. The molecule has 0 atom stereocenters. The van der Waals surface area contributed by atoms with E-state index in [2.05, 4.69) is 30.8 Å². The van der Waals surface area contributed by atoms with Crippen molar-refractivity contribution in [3.63, 3.8) is 0 Å². The van der Waals surface area contributed by atoms with Crippen molar-refractivity contribution >= 4 is 22.4 Å². The first kappa shape index (κ1) is 11.0. The van der Waals surface area contributed by atoms with E-state index in [-0.39, 0.29) is 5.91 Å². The van der Waals surface area contributed by atoms with Crippen molar-refractivity contribution in [1.29, 1.82) is 0 Å². The van der Waals surface area contributed by atoms with E-state index in [9.17, 15) is 4.79 Å². The van der Waals surface area contributed by atoms with Crippen LogP contribution in [0.5, 0.6) is 0 Å². The van der Waals surface area contributed by atoms with Crippen LogP contribution in [-0.2, 0) is 4.79 Å². The highest BCUT2D eigenvalue weighted by molar-refractivity contribution is 5.91. The molecule has 3 rings (SSSR count). The summed E-state index contributed by atoms with van der Waals surface area (Å²) in [7, 11) is 0. The molecule has 0 unspecified atom stereocenters. The highest BCUT2D eigenvalue weighted by atomic mass is 16.2. The molecule has 0 aromatic heterocycles. The molecule has 90 valence electrons. The molecule has 1 amide bonds. The molecule has 1 fully saturated rings. The van der Waals surface area contributed by atoms with Gasteiger partial charge in [-0.15, -0.1) is 0 Å². The Labute approximate surface area is 107 Å². The van der Waals surface area contributed by atoms with E-state index in [1.807, 2.05) is 18.2 Å². The monoisotopic (exact) mass is 237 g/mol. The summed E-state index contributed by atoms with van der Waals surface area (Å²) in [5.41, 5.74) is 1.85. The van der Waals surface area contributed by atoms with Crippen LogP contribution in [0.1, 0.15) is 18.4 Å². The quantitative estimate of drug-likeness (QED) is 0.783. The smallest absolute Gasteiger partial charge is 0.227 e. The van der Waals surface area contributed by atoms with Crippen molar-refractivity contribution in [2.24, 2.45) is 0 Å². The van der Waals surface area contributed by atoms with Crippen LogP contribution in [0.3, 0.4) is 0 Å². The number of amides is 1. The van der Waals surface area contributed by atoms with Gasteiger partial charge in [-0.1, -0.05) is 43.0 Å². The maximum Gasteiger partial charge on any atom is 0.227 e. The van der Waals surface area contributed by atoms with Gasteiger partial charge < -0.3 is 4.90 Å². The van der Waals surface area contributed by atoms with Gasteiger partial charge in [-0.3, -0.25) is 4.79 Å². The molecule has 0 saturated carbocycles. The van der Waals surface area contributed by atoms with E-state index in [0.717, 1.165) is 24.2 Å². The van der Waals surface area contributed by atoms with Crippen molar-refractivity contribution in [1.82, 2.24) is 4.90 Å². The van der Waals surface area contributed by atoms with Crippen LogP contribution in [0.4, 0.5) is 0 Å². The fraction of sp³-hybridized carbons (Fsp3) is 0.188. The zero-order valence-electron chi connectivity index (χ0n) is 10.2. The third-order valence-corrected chi connectivity index (χ3v) is 3.48. The molecule has 1 saturated heterocycles. The number of hydrogen-bond acceptors (Lipinski definition) is 1. The number of benzene rings is 2. The number of nitrogens with zero attached hydrogens (tertiary/aromatic N) is 1. The second-order valence-electron chi connectivity index (χ2n) is 4.66. The first-order chi connectivity index (χ1) is 8.75. The Kier molecular flexibility index (Phi) is 2.63. The Morgan fingerprint density at radius 1 is 1.11 bits per heavy atom. The summed E-state index contributed by atoms with van der Waals surface area (Å²) in [5, 5.41) is 2.39. The zero-order chi connectivity index (χ0) is 12.5. The number of likely N-dealkylation sites (tertiary alicyclic amines) is 1. The molecule has 2 aromatic carbocycles. The summed E-state index contributed by atoms with van der Waals surface area (Å²) in [6.07, 6.45) is 1.58. The molecule has 1 aliphatic heterocycles. The summed E-state index contributed by atoms with van der Waals surface area (Å²) in [6, 6.07) is 14.4. The first-order valence-corrected chi connectivity index (χ1v) is 6.24. The SMILES string of the molecule is C=C(c1ccc2ccccc2c1)N1CCCC1=O. The summed E-state index contributed by atoms with van der Waals surface area (Å²) in [4.78, 5) is 13.5. The lowest BCUT2D eigenvalue weighted by Gasteiger charge is -2.19. The number of carbonyl (C=O) groups excluding carboxylic acids is 1. The third-order valence-electron chi connectivity index (χ3n) is 3.48. The molecule has 2 nitrogen and oxygen atoms in total. The van der Waals surface area contributed by atoms with E-state index >= 15 is 0 Å². The normalized spacial score (nSPS) is 15.3. The summed E-state index contributed by atoms with van der Waals surface area (Å²) in [5.74, 6) is 0.188. The molecule has 2 heteroatoms. The van der Waals surface area contributed by atoms with Gasteiger partial charge in [0.1, 0.15) is 0 Å². The molecule has 1 aliphatic rings. The topological polar surface area (TPSA) is 20.3 Å². The molecule has 0 aliphatic carbocycles. The molecule has 0 N–H and O–H groups in total. The van der Waals surface area contributed by atoms with E-state index in [4.69, 9.17) is 0 Å². The minimum absolute atomic E-state index is 0.188. The molecule has 2 aromatic rings. The van der Waals surface area contributed by atoms with Crippen LogP contribution in [-0.4, -0.2) is 17.4 Å². The molecule has 18 heavy (non-hydrogen) atoms. The molecule has 0 radical (unpaired) electrons. The van der Waals surface area contributed by atoms with Crippen molar-refractivity contribution in [3.8, 4) is 0 Å². The van der Waals surface area contributed by atoms with Crippen LogP contribution in [0.25, 0.3) is 16.5 Å². The first-order valence-electron chi connectivity index (χ1n) is 6.24.